The van der Waals surface area contributed by atoms with Gasteiger partial charge in [-0.05, 0) is 68.7 Å². The zero-order valence-corrected chi connectivity index (χ0v) is 21.5. The topological polar surface area (TPSA) is 40.1 Å². The molecule has 1 unspecified atom stereocenters. The fourth-order valence-corrected chi connectivity index (χ4v) is 5.01. The zero-order valence-electron chi connectivity index (χ0n) is 17.7. The summed E-state index contributed by atoms with van der Waals surface area (Å²) in [6, 6.07) is 6.26. The Hall–Kier alpha value is -0.440. The van der Waals surface area contributed by atoms with Crippen molar-refractivity contribution in [1.29, 1.82) is 0 Å². The quantitative estimate of drug-likeness (QED) is 0.306. The summed E-state index contributed by atoms with van der Waals surface area (Å²) in [5, 5.41) is 4.86. The highest BCUT2D eigenvalue weighted by Gasteiger charge is 2.34. The molecule has 1 aromatic rings. The Kier molecular flexibility index (Phi) is 9.23. The average Bonchev–Trinajstić information content (AvgIpc) is 3.45. The maximum absolute atomic E-state index is 6.05. The molecule has 1 saturated carbocycles. The van der Waals surface area contributed by atoms with E-state index in [4.69, 9.17) is 27.9 Å². The van der Waals surface area contributed by atoms with Gasteiger partial charge < -0.3 is 19.9 Å². The Morgan fingerprint density at radius 3 is 2.33 bits per heavy atom. The first kappa shape index (κ1) is 24.2. The maximum Gasteiger partial charge on any atom is 0.193 e. The van der Waals surface area contributed by atoms with Crippen molar-refractivity contribution in [2.45, 2.75) is 38.1 Å². The second kappa shape index (κ2) is 11.4. The maximum atomic E-state index is 6.05. The van der Waals surface area contributed by atoms with Crippen molar-refractivity contribution >= 4 is 53.1 Å². The lowest BCUT2D eigenvalue weighted by molar-refractivity contribution is 0.179. The molecule has 1 atom stereocenters. The van der Waals surface area contributed by atoms with Gasteiger partial charge in [-0.15, -0.1) is 24.0 Å². The van der Waals surface area contributed by atoms with Crippen LogP contribution in [0.3, 0.4) is 0 Å². The van der Waals surface area contributed by atoms with Crippen LogP contribution in [0.4, 0.5) is 0 Å². The Morgan fingerprint density at radius 1 is 1.03 bits per heavy atom. The molecule has 0 bridgehead atoms. The lowest BCUT2D eigenvalue weighted by atomic mass is 9.98. The number of halogens is 3. The van der Waals surface area contributed by atoms with Gasteiger partial charge in [-0.1, -0.05) is 23.2 Å². The number of hydrogen-bond acceptors (Lipinski definition) is 3. The molecule has 30 heavy (non-hydrogen) atoms. The van der Waals surface area contributed by atoms with Crippen LogP contribution in [0.15, 0.2) is 23.2 Å². The highest BCUT2D eigenvalue weighted by Crippen LogP contribution is 2.31. The van der Waals surface area contributed by atoms with E-state index in [1.54, 1.807) is 6.07 Å². The molecule has 8 heteroatoms. The first-order valence-corrected chi connectivity index (χ1v) is 11.6. The third kappa shape index (κ3) is 6.78. The van der Waals surface area contributed by atoms with E-state index in [0.29, 0.717) is 22.6 Å². The van der Waals surface area contributed by atoms with Crippen LogP contribution in [0.5, 0.6) is 5.75 Å². The minimum absolute atomic E-state index is 0. The minimum Gasteiger partial charge on any atom is -0.493 e. The Bertz CT molecular complexity index is 703. The first-order valence-electron chi connectivity index (χ1n) is 10.9. The van der Waals surface area contributed by atoms with Gasteiger partial charge in [-0.25, -0.2) is 0 Å². The SMILES string of the molecule is CN=C(NCC1CCN(C2CC2)C1)N1CCC(COc2cc(Cl)cc(Cl)c2)CC1.I. The van der Waals surface area contributed by atoms with E-state index in [-0.39, 0.29) is 24.0 Å². The monoisotopic (exact) mass is 566 g/mol. The lowest BCUT2D eigenvalue weighted by Crippen LogP contribution is -2.47. The van der Waals surface area contributed by atoms with Crippen molar-refractivity contribution in [3.63, 3.8) is 0 Å². The molecule has 0 aromatic heterocycles. The Morgan fingerprint density at radius 2 is 1.70 bits per heavy atom. The van der Waals surface area contributed by atoms with Gasteiger partial charge in [0.2, 0.25) is 0 Å². The molecule has 1 N–H and O–H groups in total. The second-order valence-corrected chi connectivity index (χ2v) is 9.53. The molecule has 2 heterocycles. The molecule has 0 spiro atoms. The molecule has 0 amide bonds. The molecule has 3 aliphatic rings. The largest absolute Gasteiger partial charge is 0.493 e. The summed E-state index contributed by atoms with van der Waals surface area (Å²) in [5.41, 5.74) is 0. The van der Waals surface area contributed by atoms with Gasteiger partial charge in [0.05, 0.1) is 6.61 Å². The van der Waals surface area contributed by atoms with Crippen LogP contribution in [-0.2, 0) is 0 Å². The summed E-state index contributed by atoms with van der Waals surface area (Å²) in [7, 11) is 1.89. The number of rotatable bonds is 6. The van der Waals surface area contributed by atoms with Crippen LogP contribution >= 0.6 is 47.2 Å². The smallest absolute Gasteiger partial charge is 0.193 e. The van der Waals surface area contributed by atoms with Gasteiger partial charge in [-0.2, -0.15) is 0 Å². The number of benzene rings is 1. The Balaban J connectivity index is 0.00000256. The highest BCUT2D eigenvalue weighted by molar-refractivity contribution is 14.0. The van der Waals surface area contributed by atoms with Gasteiger partial charge in [-0.3, -0.25) is 4.99 Å². The van der Waals surface area contributed by atoms with E-state index in [2.05, 4.69) is 20.1 Å². The van der Waals surface area contributed by atoms with Crippen molar-refractivity contribution in [3.05, 3.63) is 28.2 Å². The van der Waals surface area contributed by atoms with Crippen LogP contribution in [0.2, 0.25) is 10.0 Å². The molecular weight excluding hydrogens is 534 g/mol. The molecule has 168 valence electrons. The molecule has 3 fully saturated rings. The fourth-order valence-electron chi connectivity index (χ4n) is 4.51. The van der Waals surface area contributed by atoms with E-state index in [0.717, 1.165) is 56.1 Å². The predicted octanol–water partition coefficient (Wildman–Crippen LogP) is 4.76. The number of nitrogens with one attached hydrogen (secondary N) is 1. The summed E-state index contributed by atoms with van der Waals surface area (Å²) in [6.45, 7) is 6.30. The summed E-state index contributed by atoms with van der Waals surface area (Å²) in [4.78, 5) is 9.60. The first-order chi connectivity index (χ1) is 14.1. The van der Waals surface area contributed by atoms with E-state index < -0.39 is 0 Å². The number of nitrogens with zero attached hydrogens (tertiary/aromatic N) is 3. The molecule has 0 radical (unpaired) electrons. The van der Waals surface area contributed by atoms with Crippen LogP contribution in [-0.4, -0.2) is 68.2 Å². The summed E-state index contributed by atoms with van der Waals surface area (Å²) in [6.07, 6.45) is 6.34. The van der Waals surface area contributed by atoms with E-state index in [1.165, 1.54) is 32.4 Å². The average molecular weight is 567 g/mol. The van der Waals surface area contributed by atoms with E-state index in [1.807, 2.05) is 19.2 Å². The number of aliphatic imine (C=N–C) groups is 1. The third-order valence-corrected chi connectivity index (χ3v) is 6.81. The van der Waals surface area contributed by atoms with Gasteiger partial charge in [0.25, 0.3) is 0 Å². The normalized spacial score (nSPS) is 23.4. The standard InChI is InChI=1S/C22H32Cl2N4O.HI/c1-25-22(26-13-17-6-9-28(14-17)20-2-3-20)27-7-4-16(5-8-27)15-29-21-11-18(23)10-19(24)12-21;/h10-12,16-17,20H,2-9,13-15H2,1H3,(H,25,26);1H. The predicted molar refractivity (Wildman–Crippen MR) is 136 cm³/mol. The van der Waals surface area contributed by atoms with Crippen LogP contribution in [0, 0.1) is 11.8 Å². The van der Waals surface area contributed by atoms with Crippen molar-refractivity contribution in [2.24, 2.45) is 16.8 Å². The number of ether oxygens (including phenoxy) is 1. The van der Waals surface area contributed by atoms with E-state index in [9.17, 15) is 0 Å². The van der Waals surface area contributed by atoms with Crippen LogP contribution in [0.25, 0.3) is 0 Å². The number of hydrogen-bond donors (Lipinski definition) is 1. The van der Waals surface area contributed by atoms with Crippen LogP contribution in [0.1, 0.15) is 32.1 Å². The molecular formula is C22H33Cl2IN4O. The minimum atomic E-state index is 0. The second-order valence-electron chi connectivity index (χ2n) is 8.66. The molecule has 5 nitrogen and oxygen atoms in total. The van der Waals surface area contributed by atoms with Crippen LogP contribution < -0.4 is 10.1 Å². The number of piperidine rings is 1. The molecule has 4 rings (SSSR count). The fraction of sp³-hybridized carbons (Fsp3) is 0.682. The molecule has 1 aromatic carbocycles. The summed E-state index contributed by atoms with van der Waals surface area (Å²) < 4.78 is 5.94. The van der Waals surface area contributed by atoms with Crippen molar-refractivity contribution < 1.29 is 4.74 Å². The number of likely N-dealkylation sites (tertiary alicyclic amines) is 2. The highest BCUT2D eigenvalue weighted by atomic mass is 127. The molecule has 1 aliphatic carbocycles. The number of guanidine groups is 1. The van der Waals surface area contributed by atoms with Gasteiger partial charge in [0.1, 0.15) is 5.75 Å². The third-order valence-electron chi connectivity index (χ3n) is 6.38. The van der Waals surface area contributed by atoms with Crippen molar-refractivity contribution in [1.82, 2.24) is 15.1 Å². The zero-order chi connectivity index (χ0) is 20.2. The van der Waals surface area contributed by atoms with Gasteiger partial charge >= 0.3 is 0 Å². The van der Waals surface area contributed by atoms with Crippen molar-refractivity contribution in [2.75, 3.05) is 46.4 Å². The molecule has 2 aliphatic heterocycles. The lowest BCUT2D eigenvalue weighted by Gasteiger charge is -2.34. The van der Waals surface area contributed by atoms with Crippen molar-refractivity contribution in [3.8, 4) is 5.75 Å². The summed E-state index contributed by atoms with van der Waals surface area (Å²) >= 11 is 12.1. The van der Waals surface area contributed by atoms with Gasteiger partial charge in [0, 0.05) is 49.3 Å². The Labute approximate surface area is 207 Å². The summed E-state index contributed by atoms with van der Waals surface area (Å²) in [5.74, 6) is 3.10. The van der Waals surface area contributed by atoms with E-state index >= 15 is 0 Å². The molecule has 2 saturated heterocycles. The van der Waals surface area contributed by atoms with Gasteiger partial charge in [0.15, 0.2) is 5.96 Å².